The maximum atomic E-state index is 10.4. The summed E-state index contributed by atoms with van der Waals surface area (Å²) in [5.41, 5.74) is 1.73. The number of hydrogen-bond donors (Lipinski definition) is 1. The predicted octanol–water partition coefficient (Wildman–Crippen LogP) is 2.69. The lowest BCUT2D eigenvalue weighted by Gasteiger charge is -2.37. The highest BCUT2D eigenvalue weighted by molar-refractivity contribution is 5.41. The average Bonchev–Trinajstić information content (AvgIpc) is 2.62. The molecule has 1 aliphatic rings. The molecule has 0 aliphatic carbocycles. The van der Waals surface area contributed by atoms with E-state index in [0.29, 0.717) is 6.04 Å². The zero-order valence-corrected chi connectivity index (χ0v) is 13.9. The standard InChI is InChI=1S/C19H25N3O/c1-15(2)21-10-12-22(13-11-21)18-9-8-17(14-20-18)19(23)16-6-4-3-5-7-16/h3-9,14-15,19,23H,10-13H2,1-2H3/t19-/m1/s1. The fourth-order valence-corrected chi connectivity index (χ4v) is 3.04. The molecule has 4 heteroatoms. The maximum Gasteiger partial charge on any atom is 0.128 e. The van der Waals surface area contributed by atoms with E-state index in [1.54, 1.807) is 6.20 Å². The maximum absolute atomic E-state index is 10.4. The number of aromatic nitrogens is 1. The molecule has 122 valence electrons. The predicted molar refractivity (Wildman–Crippen MR) is 93.7 cm³/mol. The van der Waals surface area contributed by atoms with Crippen molar-refractivity contribution in [3.05, 3.63) is 59.8 Å². The van der Waals surface area contributed by atoms with Crippen LogP contribution in [0.2, 0.25) is 0 Å². The van der Waals surface area contributed by atoms with Gasteiger partial charge in [-0.3, -0.25) is 4.90 Å². The summed E-state index contributed by atoms with van der Waals surface area (Å²) in [6.07, 6.45) is 1.18. The molecule has 0 spiro atoms. The largest absolute Gasteiger partial charge is 0.384 e. The summed E-state index contributed by atoms with van der Waals surface area (Å²) in [4.78, 5) is 9.37. The van der Waals surface area contributed by atoms with E-state index in [-0.39, 0.29) is 0 Å². The van der Waals surface area contributed by atoms with E-state index in [1.165, 1.54) is 0 Å². The number of rotatable bonds is 4. The smallest absolute Gasteiger partial charge is 0.128 e. The molecular formula is C19H25N3O. The van der Waals surface area contributed by atoms with Crippen LogP contribution in [0.25, 0.3) is 0 Å². The van der Waals surface area contributed by atoms with Gasteiger partial charge in [0.1, 0.15) is 11.9 Å². The lowest BCUT2D eigenvalue weighted by atomic mass is 10.0. The zero-order chi connectivity index (χ0) is 16.2. The molecule has 0 bridgehead atoms. The molecule has 1 aromatic carbocycles. The number of benzene rings is 1. The molecule has 1 aromatic heterocycles. The summed E-state index contributed by atoms with van der Waals surface area (Å²) in [5, 5.41) is 10.4. The van der Waals surface area contributed by atoms with Crippen LogP contribution in [0.15, 0.2) is 48.7 Å². The van der Waals surface area contributed by atoms with Crippen LogP contribution in [0.4, 0.5) is 5.82 Å². The van der Waals surface area contributed by atoms with Crippen LogP contribution in [0.3, 0.4) is 0 Å². The van der Waals surface area contributed by atoms with E-state index in [9.17, 15) is 5.11 Å². The van der Waals surface area contributed by atoms with Gasteiger partial charge in [-0.2, -0.15) is 0 Å². The van der Waals surface area contributed by atoms with E-state index in [0.717, 1.165) is 43.1 Å². The molecule has 0 amide bonds. The van der Waals surface area contributed by atoms with Crippen molar-refractivity contribution < 1.29 is 5.11 Å². The molecule has 1 atom stereocenters. The molecule has 0 saturated carbocycles. The van der Waals surface area contributed by atoms with Crippen LogP contribution < -0.4 is 4.90 Å². The highest BCUT2D eigenvalue weighted by Crippen LogP contribution is 2.23. The van der Waals surface area contributed by atoms with Crippen LogP contribution in [-0.4, -0.2) is 47.2 Å². The number of aliphatic hydroxyl groups excluding tert-OH is 1. The minimum atomic E-state index is -0.615. The minimum absolute atomic E-state index is 0.605. The summed E-state index contributed by atoms with van der Waals surface area (Å²) in [5.74, 6) is 0.998. The second-order valence-electron chi connectivity index (χ2n) is 6.38. The molecule has 2 heterocycles. The van der Waals surface area contributed by atoms with E-state index in [1.807, 2.05) is 42.5 Å². The Labute approximate surface area is 138 Å². The number of aliphatic hydroxyl groups is 1. The highest BCUT2D eigenvalue weighted by Gasteiger charge is 2.20. The Morgan fingerprint density at radius 1 is 0.913 bits per heavy atom. The van der Waals surface area contributed by atoms with Crippen molar-refractivity contribution in [3.8, 4) is 0 Å². The zero-order valence-electron chi connectivity index (χ0n) is 13.9. The van der Waals surface area contributed by atoms with Gasteiger partial charge in [0.15, 0.2) is 0 Å². The molecule has 2 aromatic rings. The van der Waals surface area contributed by atoms with Gasteiger partial charge < -0.3 is 10.0 Å². The molecule has 3 rings (SSSR count). The number of pyridine rings is 1. The van der Waals surface area contributed by atoms with Crippen molar-refractivity contribution in [2.45, 2.75) is 26.0 Å². The van der Waals surface area contributed by atoms with Crippen molar-refractivity contribution in [2.75, 3.05) is 31.1 Å². The Morgan fingerprint density at radius 2 is 1.61 bits per heavy atom. The van der Waals surface area contributed by atoms with Gasteiger partial charge in [0, 0.05) is 44.0 Å². The lowest BCUT2D eigenvalue weighted by molar-refractivity contribution is 0.209. The van der Waals surface area contributed by atoms with Gasteiger partial charge in [0.25, 0.3) is 0 Å². The number of nitrogens with zero attached hydrogens (tertiary/aromatic N) is 3. The summed E-state index contributed by atoms with van der Waals surface area (Å²) in [7, 11) is 0. The van der Waals surface area contributed by atoms with E-state index in [2.05, 4.69) is 28.6 Å². The first-order valence-electron chi connectivity index (χ1n) is 8.33. The molecule has 4 nitrogen and oxygen atoms in total. The van der Waals surface area contributed by atoms with Crippen molar-refractivity contribution in [2.24, 2.45) is 0 Å². The van der Waals surface area contributed by atoms with Crippen molar-refractivity contribution >= 4 is 5.82 Å². The normalized spacial score (nSPS) is 17.5. The van der Waals surface area contributed by atoms with Crippen LogP contribution in [0.1, 0.15) is 31.1 Å². The molecular weight excluding hydrogens is 286 g/mol. The minimum Gasteiger partial charge on any atom is -0.384 e. The first kappa shape index (κ1) is 16.0. The van der Waals surface area contributed by atoms with Crippen molar-refractivity contribution in [1.29, 1.82) is 0 Å². The van der Waals surface area contributed by atoms with Gasteiger partial charge in [-0.15, -0.1) is 0 Å². The topological polar surface area (TPSA) is 39.6 Å². The monoisotopic (exact) mass is 311 g/mol. The summed E-state index contributed by atoms with van der Waals surface area (Å²) in [6, 6.07) is 14.3. The SMILES string of the molecule is CC(C)N1CCN(c2ccc([C@H](O)c3ccccc3)cn2)CC1. The van der Waals surface area contributed by atoms with Crippen LogP contribution >= 0.6 is 0 Å². The van der Waals surface area contributed by atoms with Crippen LogP contribution in [-0.2, 0) is 0 Å². The number of hydrogen-bond acceptors (Lipinski definition) is 4. The Balaban J connectivity index is 1.66. The molecule has 1 N–H and O–H groups in total. The van der Waals surface area contributed by atoms with Crippen molar-refractivity contribution in [1.82, 2.24) is 9.88 Å². The average molecular weight is 311 g/mol. The molecule has 0 radical (unpaired) electrons. The van der Waals surface area contributed by atoms with Gasteiger partial charge in [0.2, 0.25) is 0 Å². The molecule has 23 heavy (non-hydrogen) atoms. The van der Waals surface area contributed by atoms with E-state index < -0.39 is 6.10 Å². The van der Waals surface area contributed by atoms with Crippen molar-refractivity contribution in [3.63, 3.8) is 0 Å². The van der Waals surface area contributed by atoms with Gasteiger partial charge in [0.05, 0.1) is 0 Å². The van der Waals surface area contributed by atoms with Gasteiger partial charge in [-0.1, -0.05) is 36.4 Å². The number of anilines is 1. The first-order valence-corrected chi connectivity index (χ1v) is 8.33. The molecule has 1 aliphatic heterocycles. The van der Waals surface area contributed by atoms with E-state index >= 15 is 0 Å². The van der Waals surface area contributed by atoms with E-state index in [4.69, 9.17) is 0 Å². The Hall–Kier alpha value is -1.91. The van der Waals surface area contributed by atoms with Crippen LogP contribution in [0, 0.1) is 0 Å². The second kappa shape index (κ2) is 7.11. The van der Waals surface area contributed by atoms with Gasteiger partial charge in [-0.25, -0.2) is 4.98 Å². The second-order valence-corrected chi connectivity index (χ2v) is 6.38. The fraction of sp³-hybridized carbons (Fsp3) is 0.421. The summed E-state index contributed by atoms with van der Waals surface area (Å²) in [6.45, 7) is 8.65. The Bertz CT molecular complexity index is 604. The lowest BCUT2D eigenvalue weighted by Crippen LogP contribution is -2.49. The Morgan fingerprint density at radius 3 is 2.17 bits per heavy atom. The fourth-order valence-electron chi connectivity index (χ4n) is 3.04. The van der Waals surface area contributed by atoms with Crippen LogP contribution in [0.5, 0.6) is 0 Å². The summed E-state index contributed by atoms with van der Waals surface area (Å²) < 4.78 is 0. The third-order valence-corrected chi connectivity index (χ3v) is 4.57. The third kappa shape index (κ3) is 3.71. The highest BCUT2D eigenvalue weighted by atomic mass is 16.3. The molecule has 0 unspecified atom stereocenters. The summed E-state index contributed by atoms with van der Waals surface area (Å²) >= 11 is 0. The number of piperazine rings is 1. The Kier molecular flexibility index (Phi) is 4.94. The molecule has 1 saturated heterocycles. The first-order chi connectivity index (χ1) is 11.1. The van der Waals surface area contributed by atoms with Gasteiger partial charge in [-0.05, 0) is 25.5 Å². The molecule has 1 fully saturated rings. The third-order valence-electron chi connectivity index (χ3n) is 4.57. The quantitative estimate of drug-likeness (QED) is 0.942. The van der Waals surface area contributed by atoms with Gasteiger partial charge >= 0.3 is 0 Å².